The Balaban J connectivity index is 1.69. The van der Waals surface area contributed by atoms with Crippen molar-refractivity contribution in [3.63, 3.8) is 0 Å². The van der Waals surface area contributed by atoms with Crippen LogP contribution in [0, 0.1) is 0 Å². The van der Waals surface area contributed by atoms with Crippen molar-refractivity contribution in [2.75, 3.05) is 13.7 Å². The highest BCUT2D eigenvalue weighted by Crippen LogP contribution is 2.43. The first-order chi connectivity index (χ1) is 15.3. The molecule has 0 fully saturated rings. The molecule has 4 aromatic carbocycles. The molecule has 0 bridgehead atoms. The predicted molar refractivity (Wildman–Crippen MR) is 126 cm³/mol. The summed E-state index contributed by atoms with van der Waals surface area (Å²) in [5.41, 5.74) is 6.73. The molecule has 31 heavy (non-hydrogen) atoms. The second-order valence-electron chi connectivity index (χ2n) is 8.09. The van der Waals surface area contributed by atoms with Crippen LogP contribution in [0.3, 0.4) is 0 Å². The van der Waals surface area contributed by atoms with E-state index in [4.69, 9.17) is 4.74 Å². The van der Waals surface area contributed by atoms with Gasteiger partial charge in [0.2, 0.25) is 0 Å². The Morgan fingerprint density at radius 2 is 1.39 bits per heavy atom. The van der Waals surface area contributed by atoms with Crippen LogP contribution in [0.1, 0.15) is 39.9 Å². The molecule has 1 aliphatic heterocycles. The molecule has 2 heteroatoms. The second-order valence-corrected chi connectivity index (χ2v) is 8.09. The first-order valence-corrected chi connectivity index (χ1v) is 10.9. The molecular weight excluding hydrogens is 378 g/mol. The van der Waals surface area contributed by atoms with E-state index in [1.165, 1.54) is 27.8 Å². The number of rotatable bonds is 5. The van der Waals surface area contributed by atoms with Gasteiger partial charge in [-0.2, -0.15) is 0 Å². The largest absolute Gasteiger partial charge is 0.497 e. The van der Waals surface area contributed by atoms with Gasteiger partial charge < -0.3 is 4.74 Å². The molecule has 0 saturated carbocycles. The van der Waals surface area contributed by atoms with Gasteiger partial charge in [0.05, 0.1) is 19.2 Å². The van der Waals surface area contributed by atoms with Gasteiger partial charge in [-0.05, 0) is 46.4 Å². The number of benzene rings is 4. The van der Waals surface area contributed by atoms with Crippen LogP contribution < -0.4 is 4.74 Å². The van der Waals surface area contributed by atoms with Crippen molar-refractivity contribution in [3.05, 3.63) is 137 Å². The summed E-state index contributed by atoms with van der Waals surface area (Å²) in [5, 5.41) is 0. The van der Waals surface area contributed by atoms with Crippen LogP contribution in [0.15, 0.2) is 109 Å². The van der Waals surface area contributed by atoms with Gasteiger partial charge in [0.1, 0.15) is 5.75 Å². The van der Waals surface area contributed by atoms with Gasteiger partial charge in [-0.3, -0.25) is 4.90 Å². The van der Waals surface area contributed by atoms with Gasteiger partial charge in [-0.25, -0.2) is 0 Å². The molecule has 0 saturated heterocycles. The number of ether oxygens (including phenoxy) is 1. The van der Waals surface area contributed by atoms with Gasteiger partial charge >= 0.3 is 0 Å². The van der Waals surface area contributed by atoms with E-state index in [-0.39, 0.29) is 12.1 Å². The van der Waals surface area contributed by atoms with E-state index >= 15 is 0 Å². The smallest absolute Gasteiger partial charge is 0.119 e. The summed E-state index contributed by atoms with van der Waals surface area (Å²) in [7, 11) is 1.74. The fourth-order valence-corrected chi connectivity index (χ4v) is 4.89. The Kier molecular flexibility index (Phi) is 5.56. The van der Waals surface area contributed by atoms with E-state index in [2.05, 4.69) is 108 Å². The van der Waals surface area contributed by atoms with Gasteiger partial charge in [0, 0.05) is 6.54 Å². The quantitative estimate of drug-likeness (QED) is 0.379. The number of nitrogens with zero attached hydrogens (tertiary/aromatic N) is 1. The molecule has 0 amide bonds. The standard InChI is InChI=1S/C29H27NO/c1-31-26-17-10-16-25(21-26)29-27-18-9-8-11-22(27)19-20-30(29)28(23-12-4-2-5-13-23)24-14-6-3-7-15-24/h2-18,21,28-29H,19-20H2,1H3. The molecule has 1 heterocycles. The average Bonchev–Trinajstić information content (AvgIpc) is 2.85. The zero-order valence-corrected chi connectivity index (χ0v) is 17.8. The lowest BCUT2D eigenvalue weighted by Gasteiger charge is -2.43. The molecule has 0 radical (unpaired) electrons. The summed E-state index contributed by atoms with van der Waals surface area (Å²) >= 11 is 0. The number of fused-ring (bicyclic) bond motifs is 1. The molecule has 0 spiro atoms. The number of hydrogen-bond donors (Lipinski definition) is 0. The van der Waals surface area contributed by atoms with Crippen LogP contribution in [0.5, 0.6) is 5.75 Å². The molecule has 154 valence electrons. The minimum Gasteiger partial charge on any atom is -0.497 e. The molecule has 0 aromatic heterocycles. The maximum Gasteiger partial charge on any atom is 0.119 e. The summed E-state index contributed by atoms with van der Waals surface area (Å²) in [4.78, 5) is 2.65. The Morgan fingerprint density at radius 3 is 2.06 bits per heavy atom. The number of hydrogen-bond acceptors (Lipinski definition) is 2. The maximum absolute atomic E-state index is 5.58. The first-order valence-electron chi connectivity index (χ1n) is 10.9. The highest BCUT2D eigenvalue weighted by Gasteiger charge is 2.34. The van der Waals surface area contributed by atoms with Crippen LogP contribution in [0.4, 0.5) is 0 Å². The van der Waals surface area contributed by atoms with E-state index in [9.17, 15) is 0 Å². The summed E-state index contributed by atoms with van der Waals surface area (Å²) in [6, 6.07) is 39.5. The minimum absolute atomic E-state index is 0.158. The minimum atomic E-state index is 0.158. The first kappa shape index (κ1) is 19.6. The lowest BCUT2D eigenvalue weighted by molar-refractivity contribution is 0.169. The fourth-order valence-electron chi connectivity index (χ4n) is 4.89. The second kappa shape index (κ2) is 8.79. The third-order valence-corrected chi connectivity index (χ3v) is 6.29. The van der Waals surface area contributed by atoms with Crippen molar-refractivity contribution >= 4 is 0 Å². The summed E-state index contributed by atoms with van der Waals surface area (Å²) in [6.45, 7) is 0.993. The third-order valence-electron chi connectivity index (χ3n) is 6.29. The molecule has 1 aliphatic rings. The van der Waals surface area contributed by atoms with Crippen LogP contribution >= 0.6 is 0 Å². The van der Waals surface area contributed by atoms with Crippen molar-refractivity contribution < 1.29 is 4.74 Å². The molecular formula is C29H27NO. The van der Waals surface area contributed by atoms with Gasteiger partial charge in [-0.15, -0.1) is 0 Å². The molecule has 1 unspecified atom stereocenters. The van der Waals surface area contributed by atoms with E-state index in [0.29, 0.717) is 0 Å². The lowest BCUT2D eigenvalue weighted by atomic mass is 9.84. The highest BCUT2D eigenvalue weighted by molar-refractivity contribution is 5.44. The predicted octanol–water partition coefficient (Wildman–Crippen LogP) is 6.43. The van der Waals surface area contributed by atoms with E-state index < -0.39 is 0 Å². The van der Waals surface area contributed by atoms with Gasteiger partial charge in [0.25, 0.3) is 0 Å². The van der Waals surface area contributed by atoms with Crippen molar-refractivity contribution in [3.8, 4) is 5.75 Å². The molecule has 2 nitrogen and oxygen atoms in total. The Bertz CT molecular complexity index is 1100. The lowest BCUT2D eigenvalue weighted by Crippen LogP contribution is -2.39. The van der Waals surface area contributed by atoms with Crippen LogP contribution in [0.25, 0.3) is 0 Å². The van der Waals surface area contributed by atoms with E-state index in [1.807, 2.05) is 6.07 Å². The third kappa shape index (κ3) is 3.87. The topological polar surface area (TPSA) is 12.5 Å². The molecule has 5 rings (SSSR count). The van der Waals surface area contributed by atoms with Crippen molar-refractivity contribution in [2.24, 2.45) is 0 Å². The number of methoxy groups -OCH3 is 1. The SMILES string of the molecule is COc1cccc(C2c3ccccc3CCN2C(c2ccccc2)c2ccccc2)c1. The van der Waals surface area contributed by atoms with Gasteiger partial charge in [0.15, 0.2) is 0 Å². The van der Waals surface area contributed by atoms with E-state index in [0.717, 1.165) is 18.7 Å². The van der Waals surface area contributed by atoms with Crippen molar-refractivity contribution in [2.45, 2.75) is 18.5 Å². The Morgan fingerprint density at radius 1 is 0.742 bits per heavy atom. The van der Waals surface area contributed by atoms with Crippen LogP contribution in [-0.4, -0.2) is 18.6 Å². The molecule has 4 aromatic rings. The van der Waals surface area contributed by atoms with E-state index in [1.54, 1.807) is 7.11 Å². The van der Waals surface area contributed by atoms with Crippen molar-refractivity contribution in [1.82, 2.24) is 4.90 Å². The molecule has 0 aliphatic carbocycles. The highest BCUT2D eigenvalue weighted by atomic mass is 16.5. The summed E-state index contributed by atoms with van der Waals surface area (Å²) < 4.78 is 5.58. The molecule has 1 atom stereocenters. The average molecular weight is 406 g/mol. The normalized spacial score (nSPS) is 16.1. The van der Waals surface area contributed by atoms with Crippen LogP contribution in [-0.2, 0) is 6.42 Å². The van der Waals surface area contributed by atoms with Crippen molar-refractivity contribution in [1.29, 1.82) is 0 Å². The monoisotopic (exact) mass is 405 g/mol. The van der Waals surface area contributed by atoms with Crippen LogP contribution in [0.2, 0.25) is 0 Å². The zero-order chi connectivity index (χ0) is 21.0. The molecule has 0 N–H and O–H groups in total. The van der Waals surface area contributed by atoms with Gasteiger partial charge in [-0.1, -0.05) is 97.1 Å². The fraction of sp³-hybridized carbons (Fsp3) is 0.172. The Hall–Kier alpha value is -3.36. The zero-order valence-electron chi connectivity index (χ0n) is 17.8. The maximum atomic E-state index is 5.58. The Labute approximate surface area is 184 Å². The summed E-state index contributed by atoms with van der Waals surface area (Å²) in [6.07, 6.45) is 1.05. The summed E-state index contributed by atoms with van der Waals surface area (Å²) in [5.74, 6) is 0.900.